The second kappa shape index (κ2) is 3.01. The van der Waals surface area contributed by atoms with Crippen molar-refractivity contribution in [2.24, 2.45) is 0 Å². The molecule has 0 bridgehead atoms. The number of aromatic nitrogens is 3. The van der Waals surface area contributed by atoms with Crippen molar-refractivity contribution < 1.29 is 0 Å². The van der Waals surface area contributed by atoms with Crippen molar-refractivity contribution in [1.82, 2.24) is 15.2 Å². The monoisotopic (exact) mass is 173 g/mol. The highest BCUT2D eigenvalue weighted by Gasteiger charge is 2.01. The molecule has 0 aromatic carbocycles. The Labute approximate surface area is 76.8 Å². The SMILES string of the molecule is Cc1ccc(-c2cc(C)[nH]n2)nc1. The highest BCUT2D eigenvalue weighted by atomic mass is 15.1. The lowest BCUT2D eigenvalue weighted by atomic mass is 10.2. The van der Waals surface area contributed by atoms with Gasteiger partial charge in [0.1, 0.15) is 5.69 Å². The van der Waals surface area contributed by atoms with E-state index in [1.165, 1.54) is 0 Å². The van der Waals surface area contributed by atoms with E-state index in [4.69, 9.17) is 0 Å². The molecule has 0 radical (unpaired) electrons. The van der Waals surface area contributed by atoms with E-state index in [-0.39, 0.29) is 0 Å². The van der Waals surface area contributed by atoms with Crippen LogP contribution in [-0.4, -0.2) is 15.2 Å². The number of hydrogen-bond acceptors (Lipinski definition) is 2. The van der Waals surface area contributed by atoms with Gasteiger partial charge in [0, 0.05) is 11.9 Å². The summed E-state index contributed by atoms with van der Waals surface area (Å²) in [5.74, 6) is 0. The number of nitrogens with one attached hydrogen (secondary N) is 1. The van der Waals surface area contributed by atoms with Gasteiger partial charge in [0.15, 0.2) is 0 Å². The third kappa shape index (κ3) is 1.59. The Hall–Kier alpha value is -1.64. The van der Waals surface area contributed by atoms with Crippen molar-refractivity contribution in [3.05, 3.63) is 35.7 Å². The van der Waals surface area contributed by atoms with Crippen LogP contribution in [0.3, 0.4) is 0 Å². The molecule has 0 atom stereocenters. The number of rotatable bonds is 1. The summed E-state index contributed by atoms with van der Waals surface area (Å²) in [6, 6.07) is 5.99. The number of pyridine rings is 1. The van der Waals surface area contributed by atoms with Gasteiger partial charge in [-0.1, -0.05) is 6.07 Å². The summed E-state index contributed by atoms with van der Waals surface area (Å²) in [7, 11) is 0. The predicted octanol–water partition coefficient (Wildman–Crippen LogP) is 2.09. The molecule has 13 heavy (non-hydrogen) atoms. The van der Waals surface area contributed by atoms with E-state index in [9.17, 15) is 0 Å². The molecule has 1 N–H and O–H groups in total. The van der Waals surface area contributed by atoms with Crippen molar-refractivity contribution in [2.45, 2.75) is 13.8 Å². The average Bonchev–Trinajstić information content (AvgIpc) is 2.53. The van der Waals surface area contributed by atoms with Gasteiger partial charge in [0.2, 0.25) is 0 Å². The minimum atomic E-state index is 0.900. The Bertz CT molecular complexity index is 400. The topological polar surface area (TPSA) is 41.6 Å². The molecule has 2 aromatic heterocycles. The summed E-state index contributed by atoms with van der Waals surface area (Å²) >= 11 is 0. The summed E-state index contributed by atoms with van der Waals surface area (Å²) < 4.78 is 0. The normalized spacial score (nSPS) is 10.3. The van der Waals surface area contributed by atoms with Gasteiger partial charge < -0.3 is 0 Å². The first-order valence-corrected chi connectivity index (χ1v) is 4.21. The fourth-order valence-corrected chi connectivity index (χ4v) is 1.17. The highest BCUT2D eigenvalue weighted by molar-refractivity contribution is 5.53. The lowest BCUT2D eigenvalue weighted by Gasteiger charge is -1.94. The quantitative estimate of drug-likeness (QED) is 0.717. The minimum absolute atomic E-state index is 0.900. The lowest BCUT2D eigenvalue weighted by Crippen LogP contribution is -1.83. The molecule has 0 amide bonds. The van der Waals surface area contributed by atoms with Crippen molar-refractivity contribution >= 4 is 0 Å². The number of hydrogen-bond donors (Lipinski definition) is 1. The summed E-state index contributed by atoms with van der Waals surface area (Å²) in [5, 5.41) is 7.02. The van der Waals surface area contributed by atoms with E-state index >= 15 is 0 Å². The maximum absolute atomic E-state index is 4.28. The van der Waals surface area contributed by atoms with E-state index in [1.807, 2.05) is 38.2 Å². The van der Waals surface area contributed by atoms with Crippen LogP contribution in [0, 0.1) is 13.8 Å². The third-order valence-electron chi connectivity index (χ3n) is 1.88. The van der Waals surface area contributed by atoms with Crippen LogP contribution in [0.25, 0.3) is 11.4 Å². The number of H-pyrrole nitrogens is 1. The summed E-state index contributed by atoms with van der Waals surface area (Å²) in [6.45, 7) is 4.00. The van der Waals surface area contributed by atoms with Gasteiger partial charge in [-0.05, 0) is 31.5 Å². The number of nitrogens with zero attached hydrogens (tertiary/aromatic N) is 2. The molecule has 0 unspecified atom stereocenters. The zero-order valence-electron chi connectivity index (χ0n) is 7.70. The van der Waals surface area contributed by atoms with Crippen molar-refractivity contribution in [3.8, 4) is 11.4 Å². The second-order valence-electron chi connectivity index (χ2n) is 3.16. The summed E-state index contributed by atoms with van der Waals surface area (Å²) in [6.07, 6.45) is 1.85. The van der Waals surface area contributed by atoms with E-state index < -0.39 is 0 Å². The standard InChI is InChI=1S/C10H11N3/c1-7-3-4-9(11-6-7)10-5-8(2)12-13-10/h3-6H,1-2H3,(H,12,13). The molecule has 0 aliphatic rings. The molecule has 2 heterocycles. The molecular weight excluding hydrogens is 162 g/mol. The molecule has 3 heteroatoms. The first-order chi connectivity index (χ1) is 6.25. The fourth-order valence-electron chi connectivity index (χ4n) is 1.17. The molecule has 3 nitrogen and oxygen atoms in total. The Morgan fingerprint density at radius 1 is 1.15 bits per heavy atom. The molecule has 0 spiro atoms. The molecule has 2 aromatic rings. The third-order valence-corrected chi connectivity index (χ3v) is 1.88. The Kier molecular flexibility index (Phi) is 1.85. The predicted molar refractivity (Wildman–Crippen MR) is 51.3 cm³/mol. The smallest absolute Gasteiger partial charge is 0.111 e. The van der Waals surface area contributed by atoms with E-state index in [0.717, 1.165) is 22.6 Å². The van der Waals surface area contributed by atoms with Gasteiger partial charge in [-0.2, -0.15) is 5.10 Å². The van der Waals surface area contributed by atoms with Crippen LogP contribution in [0.2, 0.25) is 0 Å². The van der Waals surface area contributed by atoms with Crippen LogP contribution in [0.15, 0.2) is 24.4 Å². The molecule has 0 saturated heterocycles. The average molecular weight is 173 g/mol. The van der Waals surface area contributed by atoms with Gasteiger partial charge in [-0.25, -0.2) is 0 Å². The van der Waals surface area contributed by atoms with Gasteiger partial charge in [-0.3, -0.25) is 10.1 Å². The highest BCUT2D eigenvalue weighted by Crippen LogP contribution is 2.14. The van der Waals surface area contributed by atoms with Crippen LogP contribution in [0.4, 0.5) is 0 Å². The van der Waals surface area contributed by atoms with Gasteiger partial charge in [-0.15, -0.1) is 0 Å². The molecule has 0 aliphatic carbocycles. The lowest BCUT2D eigenvalue weighted by molar-refractivity contribution is 1.04. The zero-order valence-corrected chi connectivity index (χ0v) is 7.70. The molecule has 0 aliphatic heterocycles. The molecule has 66 valence electrons. The van der Waals surface area contributed by atoms with Crippen molar-refractivity contribution in [2.75, 3.05) is 0 Å². The molecular formula is C10H11N3. The first-order valence-electron chi connectivity index (χ1n) is 4.21. The maximum atomic E-state index is 4.28. The Morgan fingerprint density at radius 3 is 2.54 bits per heavy atom. The van der Waals surface area contributed by atoms with E-state index in [2.05, 4.69) is 15.2 Å². The van der Waals surface area contributed by atoms with Crippen molar-refractivity contribution in [3.63, 3.8) is 0 Å². The van der Waals surface area contributed by atoms with Crippen molar-refractivity contribution in [1.29, 1.82) is 0 Å². The Balaban J connectivity index is 2.41. The largest absolute Gasteiger partial charge is 0.282 e. The van der Waals surface area contributed by atoms with Gasteiger partial charge in [0.05, 0.1) is 5.69 Å². The van der Waals surface area contributed by atoms with Crippen LogP contribution in [0.1, 0.15) is 11.3 Å². The molecule has 2 rings (SSSR count). The summed E-state index contributed by atoms with van der Waals surface area (Å²) in [4.78, 5) is 4.28. The number of aromatic amines is 1. The van der Waals surface area contributed by atoms with E-state index in [1.54, 1.807) is 0 Å². The number of aryl methyl sites for hydroxylation is 2. The maximum Gasteiger partial charge on any atom is 0.111 e. The first kappa shape index (κ1) is 7.98. The minimum Gasteiger partial charge on any atom is -0.282 e. The van der Waals surface area contributed by atoms with Crippen LogP contribution < -0.4 is 0 Å². The van der Waals surface area contributed by atoms with Gasteiger partial charge >= 0.3 is 0 Å². The fraction of sp³-hybridized carbons (Fsp3) is 0.200. The van der Waals surface area contributed by atoms with E-state index in [0.29, 0.717) is 0 Å². The Morgan fingerprint density at radius 2 is 2.00 bits per heavy atom. The van der Waals surface area contributed by atoms with Crippen LogP contribution >= 0.6 is 0 Å². The molecule has 0 saturated carbocycles. The van der Waals surface area contributed by atoms with Gasteiger partial charge in [0.25, 0.3) is 0 Å². The molecule has 0 fully saturated rings. The van der Waals surface area contributed by atoms with Crippen LogP contribution in [0.5, 0.6) is 0 Å². The zero-order chi connectivity index (χ0) is 9.26. The second-order valence-corrected chi connectivity index (χ2v) is 3.16. The van der Waals surface area contributed by atoms with Crippen LogP contribution in [-0.2, 0) is 0 Å². The summed E-state index contributed by atoms with van der Waals surface area (Å²) in [5.41, 5.74) is 4.03.